The molecule has 0 bridgehead atoms. The smallest absolute Gasteiger partial charge is 0.319 e. The molecular weight excluding hydrogens is 316 g/mol. The minimum absolute atomic E-state index is 0.0689. The number of benzene rings is 1. The Morgan fingerprint density at radius 2 is 2.04 bits per heavy atom. The molecule has 0 saturated heterocycles. The second kappa shape index (κ2) is 7.61. The van der Waals surface area contributed by atoms with Crippen molar-refractivity contribution in [3.8, 4) is 11.5 Å². The van der Waals surface area contributed by atoms with Gasteiger partial charge in [-0.25, -0.2) is 9.78 Å². The molecule has 2 N–H and O–H groups in total. The summed E-state index contributed by atoms with van der Waals surface area (Å²) in [5, 5.41) is 5.84. The van der Waals surface area contributed by atoms with Gasteiger partial charge in [-0.1, -0.05) is 13.0 Å². The van der Waals surface area contributed by atoms with Crippen LogP contribution in [0, 0.1) is 6.92 Å². The van der Waals surface area contributed by atoms with E-state index in [1.54, 1.807) is 18.6 Å². The van der Waals surface area contributed by atoms with Crippen LogP contribution in [0.3, 0.4) is 0 Å². The quantitative estimate of drug-likeness (QED) is 0.727. The predicted molar refractivity (Wildman–Crippen MR) is 96.1 cm³/mol. The van der Waals surface area contributed by atoms with Gasteiger partial charge in [0.15, 0.2) is 0 Å². The van der Waals surface area contributed by atoms with Gasteiger partial charge in [0.25, 0.3) is 0 Å². The van der Waals surface area contributed by atoms with Crippen molar-refractivity contribution in [2.45, 2.75) is 26.3 Å². The van der Waals surface area contributed by atoms with Gasteiger partial charge >= 0.3 is 6.03 Å². The molecule has 0 aliphatic carbocycles. The third kappa shape index (κ3) is 4.23. The zero-order chi connectivity index (χ0) is 17.6. The van der Waals surface area contributed by atoms with Gasteiger partial charge < -0.3 is 15.1 Å². The van der Waals surface area contributed by atoms with Crippen LogP contribution >= 0.6 is 0 Å². The van der Waals surface area contributed by atoms with Crippen LogP contribution in [0.2, 0.25) is 0 Å². The number of pyridine rings is 1. The maximum absolute atomic E-state index is 12.3. The Kier molecular flexibility index (Phi) is 5.09. The molecule has 3 aromatic rings. The maximum Gasteiger partial charge on any atom is 0.319 e. The van der Waals surface area contributed by atoms with E-state index in [2.05, 4.69) is 20.6 Å². The Bertz CT molecular complexity index is 845. The SMILES string of the molecule is CCC(NC(=O)Nc1cccc(-c2ncc(C)o2)c1)c1ccncc1. The van der Waals surface area contributed by atoms with Crippen molar-refractivity contribution in [2.75, 3.05) is 5.32 Å². The molecule has 0 radical (unpaired) electrons. The molecule has 2 heterocycles. The number of nitrogens with zero attached hydrogens (tertiary/aromatic N) is 2. The average molecular weight is 336 g/mol. The number of aryl methyl sites for hydroxylation is 1. The lowest BCUT2D eigenvalue weighted by Crippen LogP contribution is -2.32. The van der Waals surface area contributed by atoms with Crippen molar-refractivity contribution in [2.24, 2.45) is 0 Å². The third-order valence-electron chi connectivity index (χ3n) is 3.81. The standard InChI is InChI=1S/C19H20N4O2/c1-3-17(14-7-9-20-10-8-14)23-19(24)22-16-6-4-5-15(11-16)18-21-12-13(2)25-18/h4-12,17H,3H2,1-2H3,(H2,22,23,24). The predicted octanol–water partition coefficient (Wildman–Crippen LogP) is 4.32. The molecule has 25 heavy (non-hydrogen) atoms. The number of anilines is 1. The fourth-order valence-electron chi connectivity index (χ4n) is 2.56. The normalized spacial score (nSPS) is 11.8. The summed E-state index contributed by atoms with van der Waals surface area (Å²) in [6.07, 6.45) is 5.90. The lowest BCUT2D eigenvalue weighted by molar-refractivity contribution is 0.248. The number of nitrogens with one attached hydrogen (secondary N) is 2. The van der Waals surface area contributed by atoms with Crippen molar-refractivity contribution in [3.05, 3.63) is 66.3 Å². The van der Waals surface area contributed by atoms with E-state index in [1.807, 2.05) is 50.2 Å². The lowest BCUT2D eigenvalue weighted by Gasteiger charge is -2.17. The maximum atomic E-state index is 12.3. The molecule has 6 nitrogen and oxygen atoms in total. The molecule has 0 aliphatic rings. The highest BCUT2D eigenvalue weighted by Crippen LogP contribution is 2.22. The highest BCUT2D eigenvalue weighted by Gasteiger charge is 2.13. The zero-order valence-electron chi connectivity index (χ0n) is 14.2. The molecule has 0 fully saturated rings. The molecule has 2 aromatic heterocycles. The summed E-state index contributed by atoms with van der Waals surface area (Å²) >= 11 is 0. The number of carbonyl (C=O) groups is 1. The zero-order valence-corrected chi connectivity index (χ0v) is 14.2. The number of amides is 2. The van der Waals surface area contributed by atoms with Crippen LogP contribution in [0.5, 0.6) is 0 Å². The van der Waals surface area contributed by atoms with Crippen LogP contribution in [-0.2, 0) is 0 Å². The number of oxazole rings is 1. The van der Waals surface area contributed by atoms with Crippen molar-refractivity contribution >= 4 is 11.7 Å². The van der Waals surface area contributed by atoms with Crippen LogP contribution in [0.25, 0.3) is 11.5 Å². The van der Waals surface area contributed by atoms with Gasteiger partial charge in [0.2, 0.25) is 5.89 Å². The van der Waals surface area contributed by atoms with E-state index in [0.717, 1.165) is 23.3 Å². The van der Waals surface area contributed by atoms with E-state index >= 15 is 0 Å². The largest absolute Gasteiger partial charge is 0.441 e. The van der Waals surface area contributed by atoms with Gasteiger partial charge in [0.1, 0.15) is 5.76 Å². The molecule has 0 spiro atoms. The minimum Gasteiger partial charge on any atom is -0.441 e. The fourth-order valence-corrected chi connectivity index (χ4v) is 2.56. The summed E-state index contributed by atoms with van der Waals surface area (Å²) in [7, 11) is 0. The van der Waals surface area contributed by atoms with Crippen LogP contribution in [0.4, 0.5) is 10.5 Å². The van der Waals surface area contributed by atoms with Gasteiger partial charge in [-0.2, -0.15) is 0 Å². The summed E-state index contributed by atoms with van der Waals surface area (Å²) in [6, 6.07) is 10.9. The first-order valence-corrected chi connectivity index (χ1v) is 8.16. The summed E-state index contributed by atoms with van der Waals surface area (Å²) < 4.78 is 5.52. The summed E-state index contributed by atoms with van der Waals surface area (Å²) in [6.45, 7) is 3.87. The van der Waals surface area contributed by atoms with Gasteiger partial charge in [-0.05, 0) is 49.2 Å². The second-order valence-electron chi connectivity index (χ2n) is 5.70. The van der Waals surface area contributed by atoms with Crippen LogP contribution in [0.15, 0.2) is 59.4 Å². The molecule has 1 unspecified atom stereocenters. The summed E-state index contributed by atoms with van der Waals surface area (Å²) in [4.78, 5) is 20.5. The molecule has 1 atom stereocenters. The number of aromatic nitrogens is 2. The molecule has 128 valence electrons. The topological polar surface area (TPSA) is 80.0 Å². The Labute approximate surface area is 146 Å². The first-order chi connectivity index (χ1) is 12.2. The highest BCUT2D eigenvalue weighted by atomic mass is 16.4. The van der Waals surface area contributed by atoms with E-state index in [4.69, 9.17) is 4.42 Å². The summed E-state index contributed by atoms with van der Waals surface area (Å²) in [5.74, 6) is 1.28. The van der Waals surface area contributed by atoms with Crippen LogP contribution in [-0.4, -0.2) is 16.0 Å². The van der Waals surface area contributed by atoms with E-state index < -0.39 is 0 Å². The van der Waals surface area contributed by atoms with E-state index in [-0.39, 0.29) is 12.1 Å². The van der Waals surface area contributed by atoms with E-state index in [0.29, 0.717) is 11.6 Å². The van der Waals surface area contributed by atoms with Gasteiger partial charge in [0.05, 0.1) is 12.2 Å². The first-order valence-electron chi connectivity index (χ1n) is 8.16. The fraction of sp³-hybridized carbons (Fsp3) is 0.211. The molecule has 2 amide bonds. The molecule has 1 aromatic carbocycles. The monoisotopic (exact) mass is 336 g/mol. The highest BCUT2D eigenvalue weighted by molar-refractivity contribution is 5.90. The molecular formula is C19H20N4O2. The second-order valence-corrected chi connectivity index (χ2v) is 5.70. The van der Waals surface area contributed by atoms with Crippen LogP contribution in [0.1, 0.15) is 30.7 Å². The van der Waals surface area contributed by atoms with Crippen molar-refractivity contribution in [1.29, 1.82) is 0 Å². The van der Waals surface area contributed by atoms with Crippen LogP contribution < -0.4 is 10.6 Å². The Balaban J connectivity index is 1.68. The molecule has 0 saturated carbocycles. The van der Waals surface area contributed by atoms with Crippen molar-refractivity contribution < 1.29 is 9.21 Å². The summed E-state index contributed by atoms with van der Waals surface area (Å²) in [5.41, 5.74) is 2.51. The minimum atomic E-state index is -0.260. The third-order valence-corrected chi connectivity index (χ3v) is 3.81. The molecule has 3 rings (SSSR count). The Hall–Kier alpha value is -3.15. The molecule has 6 heteroatoms. The first kappa shape index (κ1) is 16.7. The Morgan fingerprint density at radius 1 is 1.24 bits per heavy atom. The van der Waals surface area contributed by atoms with E-state index in [1.165, 1.54) is 0 Å². The molecule has 0 aliphatic heterocycles. The average Bonchev–Trinajstić information content (AvgIpc) is 3.07. The number of urea groups is 1. The number of rotatable bonds is 5. The number of hydrogen-bond acceptors (Lipinski definition) is 4. The van der Waals surface area contributed by atoms with Crippen molar-refractivity contribution in [1.82, 2.24) is 15.3 Å². The number of carbonyl (C=O) groups excluding carboxylic acids is 1. The van der Waals surface area contributed by atoms with Gasteiger partial charge in [-0.15, -0.1) is 0 Å². The van der Waals surface area contributed by atoms with Gasteiger partial charge in [0, 0.05) is 23.6 Å². The van der Waals surface area contributed by atoms with E-state index in [9.17, 15) is 4.79 Å². The van der Waals surface area contributed by atoms with Gasteiger partial charge in [-0.3, -0.25) is 4.98 Å². The Morgan fingerprint density at radius 3 is 2.72 bits per heavy atom. The number of hydrogen-bond donors (Lipinski definition) is 2. The van der Waals surface area contributed by atoms with Crippen molar-refractivity contribution in [3.63, 3.8) is 0 Å². The lowest BCUT2D eigenvalue weighted by atomic mass is 10.1.